The molecule has 1 aromatic carbocycles. The average Bonchev–Trinajstić information content (AvgIpc) is 3.03. The van der Waals surface area contributed by atoms with E-state index in [9.17, 15) is 4.79 Å². The Morgan fingerprint density at radius 2 is 2.09 bits per heavy atom. The summed E-state index contributed by atoms with van der Waals surface area (Å²) in [6, 6.07) is 14.3. The summed E-state index contributed by atoms with van der Waals surface area (Å²) in [6.45, 7) is 1.71. The molecule has 112 valence electrons. The van der Waals surface area contributed by atoms with Gasteiger partial charge in [-0.05, 0) is 42.0 Å². The van der Waals surface area contributed by atoms with Crippen LogP contribution in [0.3, 0.4) is 0 Å². The highest BCUT2D eigenvalue weighted by Crippen LogP contribution is 2.21. The van der Waals surface area contributed by atoms with Crippen LogP contribution >= 0.6 is 0 Å². The van der Waals surface area contributed by atoms with Crippen molar-refractivity contribution in [3.05, 3.63) is 72.1 Å². The Morgan fingerprint density at radius 1 is 1.23 bits per heavy atom. The quantitative estimate of drug-likeness (QED) is 0.811. The second-order valence-electron chi connectivity index (χ2n) is 5.75. The summed E-state index contributed by atoms with van der Waals surface area (Å²) in [4.78, 5) is 18.2. The van der Waals surface area contributed by atoms with Crippen molar-refractivity contribution in [3.63, 3.8) is 0 Å². The number of pyridine rings is 1. The number of hydrogen-bond acceptors (Lipinski definition) is 2. The van der Waals surface area contributed by atoms with E-state index < -0.39 is 0 Å². The minimum atomic E-state index is 0.0967. The van der Waals surface area contributed by atoms with Crippen LogP contribution in [-0.2, 0) is 11.2 Å². The molecule has 0 N–H and O–H groups in total. The third kappa shape index (κ3) is 3.82. The molecule has 0 aliphatic carbocycles. The molecule has 1 saturated heterocycles. The topological polar surface area (TPSA) is 33.2 Å². The summed E-state index contributed by atoms with van der Waals surface area (Å²) in [5.41, 5.74) is 2.31. The van der Waals surface area contributed by atoms with Gasteiger partial charge in [0.15, 0.2) is 0 Å². The van der Waals surface area contributed by atoms with Crippen molar-refractivity contribution in [2.75, 3.05) is 13.1 Å². The molecular formula is C19H20N2O. The molecule has 0 radical (unpaired) electrons. The van der Waals surface area contributed by atoms with Crippen LogP contribution in [0.4, 0.5) is 0 Å². The maximum absolute atomic E-state index is 12.2. The summed E-state index contributed by atoms with van der Waals surface area (Å²) in [5.74, 6) is 0.664. The van der Waals surface area contributed by atoms with Gasteiger partial charge in [0.05, 0.1) is 0 Å². The Labute approximate surface area is 131 Å². The first-order valence-electron chi connectivity index (χ1n) is 7.72. The molecule has 0 saturated carbocycles. The molecule has 1 aliphatic heterocycles. The number of nitrogens with zero attached hydrogens (tertiary/aromatic N) is 2. The molecule has 3 nitrogen and oxygen atoms in total. The highest BCUT2D eigenvalue weighted by molar-refractivity contribution is 5.91. The van der Waals surface area contributed by atoms with E-state index in [1.807, 2.05) is 29.2 Å². The standard InChI is InChI=1S/C19H20N2O/c22-19(9-8-17-7-4-11-20-14-17)21-12-10-18(15-21)13-16-5-2-1-3-6-16/h1-9,11,14,18H,10,12-13,15H2. The predicted molar refractivity (Wildman–Crippen MR) is 88.1 cm³/mol. The zero-order valence-electron chi connectivity index (χ0n) is 12.6. The lowest BCUT2D eigenvalue weighted by Crippen LogP contribution is -2.27. The summed E-state index contributed by atoms with van der Waals surface area (Å²) in [7, 11) is 0. The average molecular weight is 292 g/mol. The van der Waals surface area contributed by atoms with E-state index in [-0.39, 0.29) is 5.91 Å². The van der Waals surface area contributed by atoms with Gasteiger partial charge in [0, 0.05) is 31.6 Å². The fourth-order valence-electron chi connectivity index (χ4n) is 2.89. The minimum Gasteiger partial charge on any atom is -0.339 e. The second kappa shape index (κ2) is 7.03. The first-order chi connectivity index (χ1) is 10.8. The number of hydrogen-bond donors (Lipinski definition) is 0. The van der Waals surface area contributed by atoms with Crippen molar-refractivity contribution in [2.45, 2.75) is 12.8 Å². The van der Waals surface area contributed by atoms with Gasteiger partial charge >= 0.3 is 0 Å². The molecule has 0 bridgehead atoms. The Kier molecular flexibility index (Phi) is 4.64. The van der Waals surface area contributed by atoms with Crippen LogP contribution in [0.2, 0.25) is 0 Å². The van der Waals surface area contributed by atoms with E-state index in [0.717, 1.165) is 31.5 Å². The van der Waals surface area contributed by atoms with Gasteiger partial charge in [-0.3, -0.25) is 9.78 Å². The van der Waals surface area contributed by atoms with E-state index >= 15 is 0 Å². The van der Waals surface area contributed by atoms with Gasteiger partial charge in [0.25, 0.3) is 0 Å². The van der Waals surface area contributed by atoms with Gasteiger partial charge in [-0.25, -0.2) is 0 Å². The molecule has 1 fully saturated rings. The zero-order valence-corrected chi connectivity index (χ0v) is 12.6. The molecule has 2 heterocycles. The number of carbonyl (C=O) groups is 1. The van der Waals surface area contributed by atoms with E-state index in [0.29, 0.717) is 5.92 Å². The van der Waals surface area contributed by atoms with Crippen LogP contribution in [0, 0.1) is 5.92 Å². The molecule has 2 aromatic rings. The maximum atomic E-state index is 12.2. The Balaban J connectivity index is 1.54. The lowest BCUT2D eigenvalue weighted by atomic mass is 9.99. The van der Waals surface area contributed by atoms with Crippen molar-refractivity contribution >= 4 is 12.0 Å². The van der Waals surface area contributed by atoms with Crippen LogP contribution < -0.4 is 0 Å². The fourth-order valence-corrected chi connectivity index (χ4v) is 2.89. The molecule has 3 rings (SSSR count). The first-order valence-corrected chi connectivity index (χ1v) is 7.72. The normalized spacial score (nSPS) is 18.0. The van der Waals surface area contributed by atoms with Crippen LogP contribution in [0.5, 0.6) is 0 Å². The third-order valence-electron chi connectivity index (χ3n) is 4.07. The van der Waals surface area contributed by atoms with Crippen molar-refractivity contribution in [1.82, 2.24) is 9.88 Å². The van der Waals surface area contributed by atoms with Crippen LogP contribution in [0.1, 0.15) is 17.5 Å². The number of likely N-dealkylation sites (tertiary alicyclic amines) is 1. The van der Waals surface area contributed by atoms with Crippen LogP contribution in [-0.4, -0.2) is 28.9 Å². The summed E-state index contributed by atoms with van der Waals surface area (Å²) in [6.07, 6.45) is 9.11. The number of amides is 1. The van der Waals surface area contributed by atoms with Gasteiger partial charge < -0.3 is 4.90 Å². The fraction of sp³-hybridized carbons (Fsp3) is 0.263. The van der Waals surface area contributed by atoms with E-state index in [1.54, 1.807) is 18.5 Å². The smallest absolute Gasteiger partial charge is 0.246 e. The molecule has 0 spiro atoms. The predicted octanol–water partition coefficient (Wildman–Crippen LogP) is 3.19. The molecule has 22 heavy (non-hydrogen) atoms. The number of rotatable bonds is 4. The van der Waals surface area contributed by atoms with Gasteiger partial charge in [0.1, 0.15) is 0 Å². The molecule has 3 heteroatoms. The zero-order chi connectivity index (χ0) is 15.2. The summed E-state index contributed by atoms with van der Waals surface area (Å²) >= 11 is 0. The lowest BCUT2D eigenvalue weighted by Gasteiger charge is -2.14. The van der Waals surface area contributed by atoms with Gasteiger partial charge in [-0.1, -0.05) is 36.4 Å². The van der Waals surface area contributed by atoms with Crippen LogP contribution in [0.15, 0.2) is 60.9 Å². The lowest BCUT2D eigenvalue weighted by molar-refractivity contribution is -0.125. The number of carbonyl (C=O) groups excluding carboxylic acids is 1. The highest BCUT2D eigenvalue weighted by atomic mass is 16.2. The Morgan fingerprint density at radius 3 is 2.86 bits per heavy atom. The maximum Gasteiger partial charge on any atom is 0.246 e. The highest BCUT2D eigenvalue weighted by Gasteiger charge is 2.24. The van der Waals surface area contributed by atoms with Gasteiger partial charge in [-0.15, -0.1) is 0 Å². The Hall–Kier alpha value is -2.42. The molecule has 1 aromatic heterocycles. The number of benzene rings is 1. The van der Waals surface area contributed by atoms with Gasteiger partial charge in [0.2, 0.25) is 5.91 Å². The van der Waals surface area contributed by atoms with E-state index in [2.05, 4.69) is 29.2 Å². The molecule has 1 amide bonds. The molecule has 1 atom stereocenters. The van der Waals surface area contributed by atoms with Crippen molar-refractivity contribution < 1.29 is 4.79 Å². The largest absolute Gasteiger partial charge is 0.339 e. The van der Waals surface area contributed by atoms with Gasteiger partial charge in [-0.2, -0.15) is 0 Å². The van der Waals surface area contributed by atoms with Crippen molar-refractivity contribution in [3.8, 4) is 0 Å². The third-order valence-corrected chi connectivity index (χ3v) is 4.07. The second-order valence-corrected chi connectivity index (χ2v) is 5.75. The van der Waals surface area contributed by atoms with Crippen molar-refractivity contribution in [1.29, 1.82) is 0 Å². The minimum absolute atomic E-state index is 0.0967. The molecule has 1 unspecified atom stereocenters. The van der Waals surface area contributed by atoms with E-state index in [1.165, 1.54) is 5.56 Å². The summed E-state index contributed by atoms with van der Waals surface area (Å²) in [5, 5.41) is 0. The number of aromatic nitrogens is 1. The SMILES string of the molecule is O=C(C=Cc1cccnc1)N1CCC(Cc2ccccc2)C1. The summed E-state index contributed by atoms with van der Waals surface area (Å²) < 4.78 is 0. The molecular weight excluding hydrogens is 272 g/mol. The Bertz CT molecular complexity index is 637. The van der Waals surface area contributed by atoms with Crippen molar-refractivity contribution in [2.24, 2.45) is 5.92 Å². The van der Waals surface area contributed by atoms with E-state index in [4.69, 9.17) is 0 Å². The molecule has 1 aliphatic rings. The monoisotopic (exact) mass is 292 g/mol. The van der Waals surface area contributed by atoms with Crippen LogP contribution in [0.25, 0.3) is 6.08 Å². The first kappa shape index (κ1) is 14.5.